The van der Waals surface area contributed by atoms with E-state index < -0.39 is 0 Å². The molecular weight excluding hydrogens is 226 g/mol. The van der Waals surface area contributed by atoms with E-state index in [0.29, 0.717) is 6.04 Å². The van der Waals surface area contributed by atoms with E-state index in [-0.39, 0.29) is 11.9 Å². The summed E-state index contributed by atoms with van der Waals surface area (Å²) in [6.07, 6.45) is 6.87. The number of amides is 1. The lowest BCUT2D eigenvalue weighted by Crippen LogP contribution is -2.58. The molecule has 2 heterocycles. The van der Waals surface area contributed by atoms with Gasteiger partial charge in [-0.15, -0.1) is 0 Å². The fraction of sp³-hybridized carbons (Fsp3) is 0.929. The third kappa shape index (κ3) is 3.23. The maximum atomic E-state index is 12.3. The monoisotopic (exact) mass is 253 g/mol. The van der Waals surface area contributed by atoms with E-state index in [1.807, 2.05) is 4.90 Å². The highest BCUT2D eigenvalue weighted by atomic mass is 16.2. The summed E-state index contributed by atoms with van der Waals surface area (Å²) in [6, 6.07) is 0.315. The van der Waals surface area contributed by atoms with Crippen LogP contribution in [0.1, 0.15) is 45.4 Å². The quantitative estimate of drug-likeness (QED) is 0.819. The van der Waals surface area contributed by atoms with E-state index in [0.717, 1.165) is 38.9 Å². The highest BCUT2D eigenvalue weighted by Gasteiger charge is 2.32. The van der Waals surface area contributed by atoms with Gasteiger partial charge in [-0.25, -0.2) is 0 Å². The zero-order valence-corrected chi connectivity index (χ0v) is 11.6. The van der Waals surface area contributed by atoms with E-state index in [1.54, 1.807) is 0 Å². The van der Waals surface area contributed by atoms with Gasteiger partial charge < -0.3 is 10.6 Å². The number of piperidine rings is 1. The van der Waals surface area contributed by atoms with Gasteiger partial charge in [0.2, 0.25) is 5.91 Å². The zero-order valence-electron chi connectivity index (χ0n) is 11.6. The van der Waals surface area contributed by atoms with E-state index in [9.17, 15) is 4.79 Å². The Morgan fingerprint density at radius 1 is 1.33 bits per heavy atom. The number of fused-ring (bicyclic) bond motifs is 1. The number of unbranched alkanes of at least 4 members (excludes halogenated alkanes) is 1. The summed E-state index contributed by atoms with van der Waals surface area (Å²) in [6.45, 7) is 6.16. The zero-order chi connectivity index (χ0) is 13.0. The predicted molar refractivity (Wildman–Crippen MR) is 73.3 cm³/mol. The number of hydrogen-bond donors (Lipinski definition) is 1. The van der Waals surface area contributed by atoms with Crippen molar-refractivity contribution in [2.24, 2.45) is 5.73 Å². The van der Waals surface area contributed by atoms with Gasteiger partial charge in [0.25, 0.3) is 0 Å². The van der Waals surface area contributed by atoms with Crippen molar-refractivity contribution < 1.29 is 4.79 Å². The number of carbonyl (C=O) groups is 1. The first-order valence-electron chi connectivity index (χ1n) is 7.50. The summed E-state index contributed by atoms with van der Waals surface area (Å²) in [4.78, 5) is 16.8. The summed E-state index contributed by atoms with van der Waals surface area (Å²) < 4.78 is 0. The fourth-order valence-corrected chi connectivity index (χ4v) is 3.14. The van der Waals surface area contributed by atoms with Gasteiger partial charge in [0.05, 0.1) is 6.04 Å². The van der Waals surface area contributed by atoms with Gasteiger partial charge in [0.1, 0.15) is 0 Å². The molecule has 2 aliphatic heterocycles. The normalized spacial score (nSPS) is 26.8. The fourth-order valence-electron chi connectivity index (χ4n) is 3.14. The molecule has 18 heavy (non-hydrogen) atoms. The molecule has 0 aromatic rings. The molecule has 2 atom stereocenters. The maximum absolute atomic E-state index is 12.3. The number of nitrogens with two attached hydrogens (primary N) is 1. The minimum atomic E-state index is -0.278. The van der Waals surface area contributed by atoms with Gasteiger partial charge >= 0.3 is 0 Å². The van der Waals surface area contributed by atoms with Crippen LogP contribution >= 0.6 is 0 Å². The van der Waals surface area contributed by atoms with Crippen LogP contribution in [0.15, 0.2) is 0 Å². The SMILES string of the molecule is CCCCC(N)C(=O)N1CCN2CCCCC2C1. The minimum Gasteiger partial charge on any atom is -0.338 e. The highest BCUT2D eigenvalue weighted by Crippen LogP contribution is 2.21. The first-order chi connectivity index (χ1) is 8.72. The Morgan fingerprint density at radius 3 is 2.94 bits per heavy atom. The molecule has 0 spiro atoms. The van der Waals surface area contributed by atoms with Crippen LogP contribution < -0.4 is 5.73 Å². The summed E-state index contributed by atoms with van der Waals surface area (Å²) in [5, 5.41) is 0. The molecule has 2 N–H and O–H groups in total. The average molecular weight is 253 g/mol. The Labute approximate surface area is 110 Å². The molecular formula is C14H27N3O. The van der Waals surface area contributed by atoms with Crippen LogP contribution in [0.3, 0.4) is 0 Å². The van der Waals surface area contributed by atoms with Gasteiger partial charge in [-0.2, -0.15) is 0 Å². The van der Waals surface area contributed by atoms with Gasteiger partial charge in [-0.1, -0.05) is 26.2 Å². The average Bonchev–Trinajstić information content (AvgIpc) is 2.43. The second-order valence-electron chi connectivity index (χ2n) is 5.72. The molecule has 2 aliphatic rings. The number of piperazine rings is 1. The predicted octanol–water partition coefficient (Wildman–Crippen LogP) is 1.20. The third-order valence-electron chi connectivity index (χ3n) is 4.33. The first-order valence-corrected chi connectivity index (χ1v) is 7.50. The van der Waals surface area contributed by atoms with Crippen molar-refractivity contribution in [2.75, 3.05) is 26.2 Å². The Hall–Kier alpha value is -0.610. The summed E-state index contributed by atoms with van der Waals surface area (Å²) in [7, 11) is 0. The van der Waals surface area contributed by atoms with Crippen LogP contribution in [0.2, 0.25) is 0 Å². The number of nitrogens with zero attached hydrogens (tertiary/aromatic N) is 2. The Balaban J connectivity index is 1.84. The van der Waals surface area contributed by atoms with E-state index in [1.165, 1.54) is 25.8 Å². The lowest BCUT2D eigenvalue weighted by molar-refractivity contribution is -0.136. The maximum Gasteiger partial charge on any atom is 0.239 e. The molecule has 0 aromatic carbocycles. The minimum absolute atomic E-state index is 0.175. The molecule has 2 fully saturated rings. The molecule has 0 radical (unpaired) electrons. The van der Waals surface area contributed by atoms with Gasteiger partial charge in [-0.3, -0.25) is 9.69 Å². The molecule has 104 valence electrons. The molecule has 0 aromatic heterocycles. The summed E-state index contributed by atoms with van der Waals surface area (Å²) in [5.74, 6) is 0.175. The van der Waals surface area contributed by atoms with E-state index in [4.69, 9.17) is 5.73 Å². The van der Waals surface area contributed by atoms with Crippen LogP contribution in [0.4, 0.5) is 0 Å². The van der Waals surface area contributed by atoms with Crippen molar-refractivity contribution in [3.8, 4) is 0 Å². The second-order valence-corrected chi connectivity index (χ2v) is 5.72. The Morgan fingerprint density at radius 2 is 2.17 bits per heavy atom. The van der Waals surface area contributed by atoms with Gasteiger partial charge in [0.15, 0.2) is 0 Å². The van der Waals surface area contributed by atoms with Crippen molar-refractivity contribution in [1.29, 1.82) is 0 Å². The van der Waals surface area contributed by atoms with Crippen LogP contribution in [-0.4, -0.2) is 54.0 Å². The Kier molecular flexibility index (Phi) is 5.01. The number of carbonyl (C=O) groups excluding carboxylic acids is 1. The van der Waals surface area contributed by atoms with Crippen molar-refractivity contribution >= 4 is 5.91 Å². The molecule has 0 saturated carbocycles. The lowest BCUT2D eigenvalue weighted by atomic mass is 9.99. The van der Waals surface area contributed by atoms with Gasteiger partial charge in [0, 0.05) is 25.7 Å². The van der Waals surface area contributed by atoms with Crippen LogP contribution in [-0.2, 0) is 4.79 Å². The first kappa shape index (κ1) is 13.8. The van der Waals surface area contributed by atoms with Crippen LogP contribution in [0.25, 0.3) is 0 Å². The standard InChI is InChI=1S/C14H27N3O/c1-2-3-7-13(15)14(18)17-10-9-16-8-5-4-6-12(16)11-17/h12-13H,2-11,15H2,1H3. The Bertz CT molecular complexity index is 282. The topological polar surface area (TPSA) is 49.6 Å². The number of rotatable bonds is 4. The summed E-state index contributed by atoms with van der Waals surface area (Å²) >= 11 is 0. The number of hydrogen-bond acceptors (Lipinski definition) is 3. The van der Waals surface area contributed by atoms with Crippen LogP contribution in [0.5, 0.6) is 0 Å². The lowest BCUT2D eigenvalue weighted by Gasteiger charge is -2.44. The van der Waals surface area contributed by atoms with Crippen LogP contribution in [0, 0.1) is 0 Å². The van der Waals surface area contributed by atoms with E-state index >= 15 is 0 Å². The highest BCUT2D eigenvalue weighted by molar-refractivity contribution is 5.81. The smallest absolute Gasteiger partial charge is 0.239 e. The van der Waals surface area contributed by atoms with Crippen molar-refractivity contribution in [1.82, 2.24) is 9.80 Å². The molecule has 4 heteroatoms. The molecule has 2 saturated heterocycles. The molecule has 2 unspecified atom stereocenters. The molecule has 2 rings (SSSR count). The molecule has 4 nitrogen and oxygen atoms in total. The van der Waals surface area contributed by atoms with E-state index in [2.05, 4.69) is 11.8 Å². The van der Waals surface area contributed by atoms with Crippen molar-refractivity contribution in [3.05, 3.63) is 0 Å². The molecule has 1 amide bonds. The molecule has 0 aliphatic carbocycles. The molecule has 0 bridgehead atoms. The van der Waals surface area contributed by atoms with Crippen molar-refractivity contribution in [2.45, 2.75) is 57.5 Å². The van der Waals surface area contributed by atoms with Gasteiger partial charge in [-0.05, 0) is 25.8 Å². The second kappa shape index (κ2) is 6.53. The largest absolute Gasteiger partial charge is 0.338 e. The third-order valence-corrected chi connectivity index (χ3v) is 4.33. The summed E-state index contributed by atoms with van der Waals surface area (Å²) in [5.41, 5.74) is 6.00. The van der Waals surface area contributed by atoms with Crippen molar-refractivity contribution in [3.63, 3.8) is 0 Å².